The number of thioether (sulfide) groups is 1. The largest absolute Gasteiger partial charge is 0.493 e. The van der Waals surface area contributed by atoms with Gasteiger partial charge in [0.05, 0.1) is 37.8 Å². The predicted molar refractivity (Wildman–Crippen MR) is 122 cm³/mol. The molecule has 2 heterocycles. The lowest BCUT2D eigenvalue weighted by molar-refractivity contribution is 0.0937. The summed E-state index contributed by atoms with van der Waals surface area (Å²) in [5.74, 6) is 1.95. The van der Waals surface area contributed by atoms with E-state index in [1.54, 1.807) is 18.8 Å². The van der Waals surface area contributed by atoms with E-state index in [1.165, 1.54) is 11.8 Å². The lowest BCUT2D eigenvalue weighted by atomic mass is 10.2. The molecule has 1 atom stereocenters. The van der Waals surface area contributed by atoms with Gasteiger partial charge in [-0.1, -0.05) is 39.8 Å². The van der Waals surface area contributed by atoms with Crippen molar-refractivity contribution in [2.24, 2.45) is 0 Å². The third-order valence-electron chi connectivity index (χ3n) is 5.15. The van der Waals surface area contributed by atoms with E-state index in [0.717, 1.165) is 29.5 Å². The summed E-state index contributed by atoms with van der Waals surface area (Å²) in [6.45, 7) is 1.27. The van der Waals surface area contributed by atoms with Gasteiger partial charge in [0.25, 0.3) is 5.56 Å². The van der Waals surface area contributed by atoms with Crippen LogP contribution in [0.5, 0.6) is 11.5 Å². The molecule has 1 saturated heterocycles. The molecule has 6 nitrogen and oxygen atoms in total. The SMILES string of the molecule is COc1cc(Br)c(CSc2nc3ccccc3c(=O)n2CC2CCCO2)cc1OC. The molecule has 0 radical (unpaired) electrons. The Hall–Kier alpha value is -2.03. The Labute approximate surface area is 187 Å². The maximum atomic E-state index is 13.2. The molecule has 0 N–H and O–H groups in total. The first-order valence-electron chi connectivity index (χ1n) is 9.75. The molecule has 2 aromatic carbocycles. The van der Waals surface area contributed by atoms with Crippen LogP contribution in [0.25, 0.3) is 10.9 Å². The summed E-state index contributed by atoms with van der Waals surface area (Å²) in [4.78, 5) is 18.0. The summed E-state index contributed by atoms with van der Waals surface area (Å²) in [5, 5.41) is 1.32. The minimum absolute atomic E-state index is 0.0232. The van der Waals surface area contributed by atoms with Crippen LogP contribution < -0.4 is 15.0 Å². The molecule has 0 saturated carbocycles. The first kappa shape index (κ1) is 21.2. The third-order valence-corrected chi connectivity index (χ3v) is 6.91. The second-order valence-electron chi connectivity index (χ2n) is 7.05. The monoisotopic (exact) mass is 490 g/mol. The molecule has 1 unspecified atom stereocenters. The van der Waals surface area contributed by atoms with Crippen LogP contribution in [0.3, 0.4) is 0 Å². The topological polar surface area (TPSA) is 62.6 Å². The van der Waals surface area contributed by atoms with Gasteiger partial charge in [-0.3, -0.25) is 9.36 Å². The van der Waals surface area contributed by atoms with E-state index in [2.05, 4.69) is 15.9 Å². The Morgan fingerprint density at radius 1 is 1.23 bits per heavy atom. The van der Waals surface area contributed by atoms with Crippen molar-refractivity contribution in [2.45, 2.75) is 36.4 Å². The van der Waals surface area contributed by atoms with Crippen molar-refractivity contribution in [3.05, 3.63) is 56.8 Å². The standard InChI is InChI=1S/C22H23BrN2O4S/c1-27-19-10-14(17(23)11-20(19)28-2)13-30-22-24-18-8-4-3-7-16(18)21(26)25(22)12-15-6-5-9-29-15/h3-4,7-8,10-11,15H,5-6,9,12-13H2,1-2H3. The average Bonchev–Trinajstić information content (AvgIpc) is 3.28. The van der Waals surface area contributed by atoms with Crippen molar-refractivity contribution >= 4 is 38.6 Å². The number of benzene rings is 2. The molecule has 158 valence electrons. The second kappa shape index (κ2) is 9.41. The molecule has 1 fully saturated rings. The molecular formula is C22H23BrN2O4S. The van der Waals surface area contributed by atoms with Crippen LogP contribution in [0.2, 0.25) is 0 Å². The van der Waals surface area contributed by atoms with Gasteiger partial charge in [0.2, 0.25) is 0 Å². The summed E-state index contributed by atoms with van der Waals surface area (Å²) in [6.07, 6.45) is 2.05. The van der Waals surface area contributed by atoms with Crippen LogP contribution in [0.15, 0.2) is 50.8 Å². The number of nitrogens with zero attached hydrogens (tertiary/aromatic N) is 2. The molecule has 1 aliphatic rings. The number of fused-ring (bicyclic) bond motifs is 1. The van der Waals surface area contributed by atoms with Gasteiger partial charge in [-0.15, -0.1) is 0 Å². The number of halogens is 1. The van der Waals surface area contributed by atoms with Crippen molar-refractivity contribution in [3.63, 3.8) is 0 Å². The van der Waals surface area contributed by atoms with Crippen molar-refractivity contribution in [1.29, 1.82) is 0 Å². The van der Waals surface area contributed by atoms with Gasteiger partial charge in [-0.2, -0.15) is 0 Å². The van der Waals surface area contributed by atoms with Crippen LogP contribution in [0.4, 0.5) is 0 Å². The fourth-order valence-corrected chi connectivity index (χ4v) is 5.21. The molecule has 0 bridgehead atoms. The van der Waals surface area contributed by atoms with E-state index < -0.39 is 0 Å². The molecule has 0 amide bonds. The van der Waals surface area contributed by atoms with E-state index >= 15 is 0 Å². The van der Waals surface area contributed by atoms with Gasteiger partial charge >= 0.3 is 0 Å². The molecule has 4 rings (SSSR count). The molecular weight excluding hydrogens is 468 g/mol. The van der Waals surface area contributed by atoms with E-state index in [4.69, 9.17) is 19.2 Å². The lowest BCUT2D eigenvalue weighted by Gasteiger charge is -2.17. The Kier molecular flexibility index (Phi) is 6.65. The van der Waals surface area contributed by atoms with Gasteiger partial charge in [0.1, 0.15) is 0 Å². The van der Waals surface area contributed by atoms with Crippen LogP contribution in [-0.4, -0.2) is 36.5 Å². The van der Waals surface area contributed by atoms with Crippen molar-refractivity contribution in [2.75, 3.05) is 20.8 Å². The number of hydrogen-bond acceptors (Lipinski definition) is 6. The van der Waals surface area contributed by atoms with Gasteiger partial charge in [-0.25, -0.2) is 4.98 Å². The van der Waals surface area contributed by atoms with E-state index in [0.29, 0.717) is 39.9 Å². The summed E-state index contributed by atoms with van der Waals surface area (Å²) in [6, 6.07) is 11.3. The quantitative estimate of drug-likeness (QED) is 0.354. The van der Waals surface area contributed by atoms with Gasteiger partial charge in [-0.05, 0) is 42.7 Å². The second-order valence-corrected chi connectivity index (χ2v) is 8.85. The summed E-state index contributed by atoms with van der Waals surface area (Å²) >= 11 is 5.14. The molecule has 0 spiro atoms. The van der Waals surface area contributed by atoms with E-state index in [-0.39, 0.29) is 11.7 Å². The van der Waals surface area contributed by atoms with E-state index in [9.17, 15) is 4.79 Å². The molecule has 30 heavy (non-hydrogen) atoms. The number of rotatable bonds is 7. The zero-order valence-corrected chi connectivity index (χ0v) is 19.3. The number of para-hydroxylation sites is 1. The van der Waals surface area contributed by atoms with Crippen LogP contribution in [0, 0.1) is 0 Å². The highest BCUT2D eigenvalue weighted by Gasteiger charge is 2.20. The smallest absolute Gasteiger partial charge is 0.262 e. The Bertz CT molecular complexity index is 1110. The van der Waals surface area contributed by atoms with Crippen LogP contribution in [-0.2, 0) is 17.0 Å². The normalized spacial score (nSPS) is 16.2. The first-order valence-corrected chi connectivity index (χ1v) is 11.5. The third kappa shape index (κ3) is 4.36. The highest BCUT2D eigenvalue weighted by Crippen LogP contribution is 2.36. The molecule has 8 heteroatoms. The van der Waals surface area contributed by atoms with Crippen molar-refractivity contribution in [3.8, 4) is 11.5 Å². The lowest BCUT2D eigenvalue weighted by Crippen LogP contribution is -2.28. The maximum Gasteiger partial charge on any atom is 0.262 e. The highest BCUT2D eigenvalue weighted by molar-refractivity contribution is 9.10. The Morgan fingerprint density at radius 3 is 2.73 bits per heavy atom. The maximum absolute atomic E-state index is 13.2. The predicted octanol–water partition coefficient (Wildman–Crippen LogP) is 4.65. The van der Waals surface area contributed by atoms with Crippen LogP contribution in [0.1, 0.15) is 18.4 Å². The minimum Gasteiger partial charge on any atom is -0.493 e. The minimum atomic E-state index is -0.0232. The zero-order valence-electron chi connectivity index (χ0n) is 16.9. The Balaban J connectivity index is 1.68. The molecule has 0 aliphatic carbocycles. The zero-order chi connectivity index (χ0) is 21.1. The number of aromatic nitrogens is 2. The van der Waals surface area contributed by atoms with Crippen molar-refractivity contribution < 1.29 is 14.2 Å². The summed E-state index contributed by atoms with van der Waals surface area (Å²) in [5.41, 5.74) is 1.72. The summed E-state index contributed by atoms with van der Waals surface area (Å²) < 4.78 is 19.3. The van der Waals surface area contributed by atoms with E-state index in [1.807, 2.05) is 36.4 Å². The summed E-state index contributed by atoms with van der Waals surface area (Å²) in [7, 11) is 3.23. The number of hydrogen-bond donors (Lipinski definition) is 0. The van der Waals surface area contributed by atoms with Crippen molar-refractivity contribution in [1.82, 2.24) is 9.55 Å². The fourth-order valence-electron chi connectivity index (χ4n) is 3.56. The molecule has 1 aliphatic heterocycles. The van der Waals surface area contributed by atoms with Gasteiger partial charge < -0.3 is 14.2 Å². The van der Waals surface area contributed by atoms with Gasteiger partial charge in [0, 0.05) is 16.8 Å². The van der Waals surface area contributed by atoms with Crippen LogP contribution >= 0.6 is 27.7 Å². The fraction of sp³-hybridized carbons (Fsp3) is 0.364. The number of ether oxygens (including phenoxy) is 3. The highest BCUT2D eigenvalue weighted by atomic mass is 79.9. The number of methoxy groups -OCH3 is 2. The van der Waals surface area contributed by atoms with Gasteiger partial charge in [0.15, 0.2) is 16.7 Å². The Morgan fingerprint density at radius 2 is 2.00 bits per heavy atom. The molecule has 3 aromatic rings. The molecule has 1 aromatic heterocycles. The first-order chi connectivity index (χ1) is 14.6. The average molecular weight is 491 g/mol.